The van der Waals surface area contributed by atoms with Gasteiger partial charge in [-0.15, -0.1) is 0 Å². The van der Waals surface area contributed by atoms with E-state index in [4.69, 9.17) is 20.2 Å². The lowest BCUT2D eigenvalue weighted by atomic mass is 10.1. The van der Waals surface area contributed by atoms with Crippen molar-refractivity contribution in [2.75, 3.05) is 72.4 Å². The summed E-state index contributed by atoms with van der Waals surface area (Å²) in [5.41, 5.74) is 10.4. The summed E-state index contributed by atoms with van der Waals surface area (Å²) < 4.78 is 12.5. The van der Waals surface area contributed by atoms with Gasteiger partial charge in [0.25, 0.3) is 0 Å². The molecule has 2 aromatic carbocycles. The van der Waals surface area contributed by atoms with Crippen LogP contribution < -0.4 is 5.73 Å². The van der Waals surface area contributed by atoms with Crippen LogP contribution in [0.5, 0.6) is 0 Å². The number of nitrogens with zero attached hydrogens (tertiary/aromatic N) is 6. The Labute approximate surface area is 271 Å². The number of rotatable bonds is 15. The number of aryl methyl sites for hydroxylation is 2. The molecular formula is C35H47N7O4. The van der Waals surface area contributed by atoms with E-state index in [1.807, 2.05) is 41.3 Å². The lowest BCUT2D eigenvalue weighted by Crippen LogP contribution is -2.50. The predicted molar refractivity (Wildman–Crippen MR) is 181 cm³/mol. The molecule has 1 aliphatic rings. The number of carbonyl (C=O) groups is 2. The number of esters is 1. The topological polar surface area (TPSA) is 119 Å². The number of amides is 1. The molecule has 0 aliphatic carbocycles. The van der Waals surface area contributed by atoms with Gasteiger partial charge in [-0.05, 0) is 36.6 Å². The number of benzene rings is 2. The van der Waals surface area contributed by atoms with Gasteiger partial charge in [0, 0.05) is 71.3 Å². The van der Waals surface area contributed by atoms with Gasteiger partial charge in [0.15, 0.2) is 5.82 Å². The van der Waals surface area contributed by atoms with Crippen LogP contribution in [0.25, 0.3) is 21.9 Å². The third-order valence-corrected chi connectivity index (χ3v) is 8.76. The quantitative estimate of drug-likeness (QED) is 0.195. The third-order valence-electron chi connectivity index (χ3n) is 8.76. The van der Waals surface area contributed by atoms with E-state index >= 15 is 0 Å². The molecule has 0 radical (unpaired) electrons. The van der Waals surface area contributed by atoms with Crippen LogP contribution in [-0.4, -0.2) is 108 Å². The molecule has 1 fully saturated rings. The van der Waals surface area contributed by atoms with Gasteiger partial charge < -0.3 is 24.7 Å². The van der Waals surface area contributed by atoms with Crippen molar-refractivity contribution in [3.05, 3.63) is 65.5 Å². The molecule has 1 aliphatic heterocycles. The molecule has 1 amide bonds. The molecule has 1 saturated heterocycles. The number of pyridine rings is 1. The number of piperazine rings is 1. The smallest absolute Gasteiger partial charge is 0.337 e. The second-order valence-electron chi connectivity index (χ2n) is 12.0. The van der Waals surface area contributed by atoms with Crippen molar-refractivity contribution < 1.29 is 19.1 Å². The van der Waals surface area contributed by atoms with Gasteiger partial charge in [-0.3, -0.25) is 14.6 Å². The van der Waals surface area contributed by atoms with Crippen LogP contribution in [0.3, 0.4) is 0 Å². The van der Waals surface area contributed by atoms with Crippen molar-refractivity contribution in [2.45, 2.75) is 45.7 Å². The van der Waals surface area contributed by atoms with Gasteiger partial charge in [0.1, 0.15) is 11.3 Å². The fourth-order valence-electron chi connectivity index (χ4n) is 6.20. The number of ether oxygens (including phenoxy) is 2. The van der Waals surface area contributed by atoms with Crippen molar-refractivity contribution in [2.24, 2.45) is 0 Å². The number of methoxy groups -OCH3 is 2. The zero-order valence-corrected chi connectivity index (χ0v) is 27.4. The Morgan fingerprint density at radius 3 is 2.50 bits per heavy atom. The lowest BCUT2D eigenvalue weighted by molar-refractivity contribution is -0.133. The first-order valence-electron chi connectivity index (χ1n) is 16.3. The standard InChI is InChI=1S/C35H47N7O4/c1-4-5-14-30-38-32-33(28-12-6-7-13-29(28)37-34(32)36)42(30)16-9-15-41(24-26-10-8-11-27(23-26)35(44)46-3)31(43)25-40-19-17-39(18-20-40)21-22-45-2/h6-8,10-13,23H,4-5,9,14-22,24-25H2,1-3H3,(H2,36,37). The minimum atomic E-state index is -0.390. The zero-order chi connectivity index (χ0) is 32.5. The molecule has 2 N–H and O–H groups in total. The highest BCUT2D eigenvalue weighted by Crippen LogP contribution is 2.29. The number of unbranched alkanes of at least 4 members (excludes halogenated alkanes) is 1. The monoisotopic (exact) mass is 629 g/mol. The molecule has 11 heteroatoms. The van der Waals surface area contributed by atoms with Crippen molar-refractivity contribution in [3.8, 4) is 0 Å². The van der Waals surface area contributed by atoms with Gasteiger partial charge in [-0.1, -0.05) is 43.7 Å². The van der Waals surface area contributed by atoms with Gasteiger partial charge in [0.2, 0.25) is 5.91 Å². The SMILES string of the molecule is CCCCc1nc2c(N)nc3ccccc3c2n1CCCN(Cc1cccc(C(=O)OC)c1)C(=O)CN1CCN(CCOC)CC1. The summed E-state index contributed by atoms with van der Waals surface area (Å²) >= 11 is 0. The highest BCUT2D eigenvalue weighted by molar-refractivity contribution is 6.06. The van der Waals surface area contributed by atoms with Crippen molar-refractivity contribution in [3.63, 3.8) is 0 Å². The van der Waals surface area contributed by atoms with Crippen LogP contribution in [0.15, 0.2) is 48.5 Å². The Bertz CT molecular complexity index is 1630. The summed E-state index contributed by atoms with van der Waals surface area (Å²) in [4.78, 5) is 42.2. The van der Waals surface area contributed by atoms with Crippen LogP contribution >= 0.6 is 0 Å². The van der Waals surface area contributed by atoms with Crippen LogP contribution in [0, 0.1) is 0 Å². The summed E-state index contributed by atoms with van der Waals surface area (Å²) in [6.07, 6.45) is 3.66. The largest absolute Gasteiger partial charge is 0.465 e. The maximum absolute atomic E-state index is 13.9. The average Bonchev–Trinajstić information content (AvgIpc) is 3.45. The number of fused-ring (bicyclic) bond motifs is 3. The summed E-state index contributed by atoms with van der Waals surface area (Å²) in [5.74, 6) is 1.12. The molecule has 4 aromatic rings. The van der Waals surface area contributed by atoms with Crippen LogP contribution in [-0.2, 0) is 33.8 Å². The summed E-state index contributed by atoms with van der Waals surface area (Å²) in [7, 11) is 3.10. The summed E-state index contributed by atoms with van der Waals surface area (Å²) in [6.45, 7) is 9.31. The molecule has 0 spiro atoms. The predicted octanol–water partition coefficient (Wildman–Crippen LogP) is 3.98. The molecule has 46 heavy (non-hydrogen) atoms. The fourth-order valence-corrected chi connectivity index (χ4v) is 6.20. The third kappa shape index (κ3) is 8.01. The summed E-state index contributed by atoms with van der Waals surface area (Å²) in [5, 5.41) is 1.03. The minimum Gasteiger partial charge on any atom is -0.465 e. The molecular weight excluding hydrogens is 582 g/mol. The molecule has 0 unspecified atom stereocenters. The van der Waals surface area contributed by atoms with Gasteiger partial charge >= 0.3 is 5.97 Å². The fraction of sp³-hybridized carbons (Fsp3) is 0.486. The lowest BCUT2D eigenvalue weighted by Gasteiger charge is -2.35. The number of anilines is 1. The number of carbonyl (C=O) groups excluding carboxylic acids is 2. The summed E-state index contributed by atoms with van der Waals surface area (Å²) in [6, 6.07) is 15.4. The normalized spacial score (nSPS) is 14.2. The first-order valence-corrected chi connectivity index (χ1v) is 16.3. The van der Waals surface area contributed by atoms with E-state index in [1.165, 1.54) is 7.11 Å². The van der Waals surface area contributed by atoms with E-state index in [9.17, 15) is 9.59 Å². The molecule has 5 rings (SSSR count). The first kappa shape index (κ1) is 33.3. The molecule has 2 aromatic heterocycles. The highest BCUT2D eigenvalue weighted by atomic mass is 16.5. The van der Waals surface area contributed by atoms with E-state index in [0.29, 0.717) is 44.2 Å². The second kappa shape index (κ2) is 16.0. The minimum absolute atomic E-state index is 0.0782. The van der Waals surface area contributed by atoms with E-state index in [2.05, 4.69) is 32.3 Å². The van der Waals surface area contributed by atoms with Crippen molar-refractivity contribution >= 4 is 39.6 Å². The Morgan fingerprint density at radius 1 is 0.957 bits per heavy atom. The average molecular weight is 630 g/mol. The van der Waals surface area contributed by atoms with Gasteiger partial charge in [-0.2, -0.15) is 0 Å². The van der Waals surface area contributed by atoms with E-state index < -0.39 is 5.97 Å². The van der Waals surface area contributed by atoms with E-state index in [1.54, 1.807) is 13.2 Å². The number of nitrogens with two attached hydrogens (primary N) is 1. The number of aromatic nitrogens is 3. The highest BCUT2D eigenvalue weighted by Gasteiger charge is 2.23. The Kier molecular flexibility index (Phi) is 11.6. The van der Waals surface area contributed by atoms with Crippen LogP contribution in [0.4, 0.5) is 5.82 Å². The number of imidazole rings is 1. The molecule has 0 saturated carbocycles. The molecule has 0 atom stereocenters. The van der Waals surface area contributed by atoms with Gasteiger partial charge in [0.05, 0.1) is 36.9 Å². The molecule has 11 nitrogen and oxygen atoms in total. The zero-order valence-electron chi connectivity index (χ0n) is 27.4. The Morgan fingerprint density at radius 2 is 1.74 bits per heavy atom. The first-order chi connectivity index (χ1) is 22.4. The van der Waals surface area contributed by atoms with Crippen LogP contribution in [0.1, 0.15) is 47.9 Å². The number of hydrogen-bond acceptors (Lipinski definition) is 9. The van der Waals surface area contributed by atoms with E-state index in [0.717, 1.165) is 91.7 Å². The van der Waals surface area contributed by atoms with E-state index in [-0.39, 0.29) is 5.91 Å². The number of para-hydroxylation sites is 1. The van der Waals surface area contributed by atoms with Crippen LogP contribution in [0.2, 0.25) is 0 Å². The molecule has 246 valence electrons. The Hall–Kier alpha value is -4.06. The molecule has 3 heterocycles. The van der Waals surface area contributed by atoms with Crippen molar-refractivity contribution in [1.29, 1.82) is 0 Å². The number of hydrogen-bond donors (Lipinski definition) is 1. The number of nitrogen functional groups attached to an aromatic ring is 1. The maximum Gasteiger partial charge on any atom is 0.337 e. The second-order valence-corrected chi connectivity index (χ2v) is 12.0. The van der Waals surface area contributed by atoms with Crippen molar-refractivity contribution in [1.82, 2.24) is 29.2 Å². The Balaban J connectivity index is 1.36. The maximum atomic E-state index is 13.9. The van der Waals surface area contributed by atoms with Gasteiger partial charge in [-0.25, -0.2) is 14.8 Å². The molecule has 0 bridgehead atoms.